The zero-order valence-corrected chi connectivity index (χ0v) is 14.2. The summed E-state index contributed by atoms with van der Waals surface area (Å²) in [6.45, 7) is 3.14. The second kappa shape index (κ2) is 8.37. The van der Waals surface area contributed by atoms with Gasteiger partial charge in [-0.05, 0) is 56.2 Å². The van der Waals surface area contributed by atoms with E-state index in [0.717, 1.165) is 25.8 Å². The van der Waals surface area contributed by atoms with Gasteiger partial charge in [0.2, 0.25) is 5.91 Å². The summed E-state index contributed by atoms with van der Waals surface area (Å²) in [6, 6.07) is 8.92. The molecule has 0 spiro atoms. The Hall–Kier alpha value is -1.51. The minimum atomic E-state index is 0.269. The van der Waals surface area contributed by atoms with E-state index in [2.05, 4.69) is 34.5 Å². The zero-order valence-electron chi connectivity index (χ0n) is 14.2. The molecule has 2 fully saturated rings. The molecule has 0 radical (unpaired) electrons. The van der Waals surface area contributed by atoms with Crippen molar-refractivity contribution in [3.63, 3.8) is 0 Å². The predicted molar refractivity (Wildman–Crippen MR) is 95.8 cm³/mol. The maximum absolute atomic E-state index is 12.1. The molecule has 23 heavy (non-hydrogen) atoms. The van der Waals surface area contributed by atoms with E-state index in [1.165, 1.54) is 62.9 Å². The second-order valence-electron chi connectivity index (χ2n) is 7.09. The Bertz CT molecular complexity index is 485. The van der Waals surface area contributed by atoms with Crippen molar-refractivity contribution in [3.8, 4) is 0 Å². The molecular weight excluding hydrogens is 284 g/mol. The van der Waals surface area contributed by atoms with E-state index in [1.807, 2.05) is 0 Å². The molecule has 1 N–H and O–H groups in total. The molecular formula is C20H30N2O. The van der Waals surface area contributed by atoms with E-state index in [-0.39, 0.29) is 11.8 Å². The Morgan fingerprint density at radius 2 is 1.61 bits per heavy atom. The van der Waals surface area contributed by atoms with Crippen LogP contribution in [0.2, 0.25) is 0 Å². The van der Waals surface area contributed by atoms with Crippen molar-refractivity contribution in [2.45, 2.75) is 57.8 Å². The average Bonchev–Trinajstić information content (AvgIpc) is 2.64. The standard InChI is InChI=1S/C20H30N2O/c23-20(18-7-3-1-4-8-18)21-14-13-17-9-11-19(12-10-17)22-15-5-2-6-16-22/h9-12,18H,1-8,13-16H2,(H,21,23). The lowest BCUT2D eigenvalue weighted by molar-refractivity contribution is -0.125. The molecule has 1 aliphatic carbocycles. The Balaban J connectivity index is 1.42. The fraction of sp³-hybridized carbons (Fsp3) is 0.650. The monoisotopic (exact) mass is 314 g/mol. The molecule has 1 amide bonds. The molecule has 0 atom stereocenters. The summed E-state index contributed by atoms with van der Waals surface area (Å²) in [5.41, 5.74) is 2.66. The van der Waals surface area contributed by atoms with Crippen molar-refractivity contribution in [3.05, 3.63) is 29.8 Å². The smallest absolute Gasteiger partial charge is 0.223 e. The number of anilines is 1. The number of carbonyl (C=O) groups excluding carboxylic acids is 1. The first-order valence-electron chi connectivity index (χ1n) is 9.44. The van der Waals surface area contributed by atoms with Crippen molar-refractivity contribution >= 4 is 11.6 Å². The van der Waals surface area contributed by atoms with Gasteiger partial charge in [-0.15, -0.1) is 0 Å². The van der Waals surface area contributed by atoms with Crippen LogP contribution < -0.4 is 10.2 Å². The van der Waals surface area contributed by atoms with Gasteiger partial charge in [-0.3, -0.25) is 4.79 Å². The molecule has 0 unspecified atom stereocenters. The normalized spacial score (nSPS) is 19.6. The number of piperidine rings is 1. The fourth-order valence-electron chi connectivity index (χ4n) is 3.86. The molecule has 0 aromatic heterocycles. The third-order valence-corrected chi connectivity index (χ3v) is 5.35. The highest BCUT2D eigenvalue weighted by atomic mass is 16.1. The molecule has 1 heterocycles. The largest absolute Gasteiger partial charge is 0.372 e. The lowest BCUT2D eigenvalue weighted by atomic mass is 9.88. The summed E-state index contributed by atoms with van der Waals surface area (Å²) in [4.78, 5) is 14.6. The fourth-order valence-corrected chi connectivity index (χ4v) is 3.86. The molecule has 2 aliphatic rings. The van der Waals surface area contributed by atoms with Gasteiger partial charge >= 0.3 is 0 Å². The van der Waals surface area contributed by atoms with Crippen molar-refractivity contribution in [1.29, 1.82) is 0 Å². The number of amides is 1. The van der Waals surface area contributed by atoms with Gasteiger partial charge in [0.15, 0.2) is 0 Å². The summed E-state index contributed by atoms with van der Waals surface area (Å²) in [5, 5.41) is 3.13. The van der Waals surface area contributed by atoms with Crippen LogP contribution in [0, 0.1) is 5.92 Å². The molecule has 1 aromatic carbocycles. The number of nitrogens with zero attached hydrogens (tertiary/aromatic N) is 1. The van der Waals surface area contributed by atoms with Gasteiger partial charge < -0.3 is 10.2 Å². The summed E-state index contributed by atoms with van der Waals surface area (Å²) < 4.78 is 0. The molecule has 3 nitrogen and oxygen atoms in total. The SMILES string of the molecule is O=C(NCCc1ccc(N2CCCCC2)cc1)C1CCCCC1. The van der Waals surface area contributed by atoms with Gasteiger partial charge in [-0.25, -0.2) is 0 Å². The van der Waals surface area contributed by atoms with Crippen LogP contribution in [0.1, 0.15) is 56.9 Å². The Morgan fingerprint density at radius 3 is 2.30 bits per heavy atom. The Morgan fingerprint density at radius 1 is 0.957 bits per heavy atom. The van der Waals surface area contributed by atoms with Gasteiger partial charge in [-0.1, -0.05) is 31.4 Å². The van der Waals surface area contributed by atoms with Crippen LogP contribution in [0.5, 0.6) is 0 Å². The van der Waals surface area contributed by atoms with E-state index in [0.29, 0.717) is 0 Å². The molecule has 1 aliphatic heterocycles. The first kappa shape index (κ1) is 16.4. The zero-order chi connectivity index (χ0) is 15.9. The van der Waals surface area contributed by atoms with Gasteiger partial charge in [0.1, 0.15) is 0 Å². The van der Waals surface area contributed by atoms with Gasteiger partial charge in [0.25, 0.3) is 0 Å². The van der Waals surface area contributed by atoms with E-state index in [4.69, 9.17) is 0 Å². The number of nitrogens with one attached hydrogen (secondary N) is 1. The Labute approximate surface area is 140 Å². The molecule has 3 heteroatoms. The average molecular weight is 314 g/mol. The maximum Gasteiger partial charge on any atom is 0.223 e. The molecule has 1 saturated heterocycles. The summed E-state index contributed by atoms with van der Waals surface area (Å²) in [6.07, 6.45) is 10.8. The summed E-state index contributed by atoms with van der Waals surface area (Å²) in [7, 11) is 0. The number of hydrogen-bond acceptors (Lipinski definition) is 2. The van der Waals surface area contributed by atoms with Crippen molar-refractivity contribution in [1.82, 2.24) is 5.32 Å². The molecule has 3 rings (SSSR count). The predicted octanol–water partition coefficient (Wildman–Crippen LogP) is 3.92. The lowest BCUT2D eigenvalue weighted by Gasteiger charge is -2.28. The molecule has 1 saturated carbocycles. The topological polar surface area (TPSA) is 32.3 Å². The van der Waals surface area contributed by atoms with Crippen LogP contribution in [0.25, 0.3) is 0 Å². The van der Waals surface area contributed by atoms with Crippen molar-refractivity contribution < 1.29 is 4.79 Å². The lowest BCUT2D eigenvalue weighted by Crippen LogP contribution is -2.33. The summed E-state index contributed by atoms with van der Waals surface area (Å²) >= 11 is 0. The van der Waals surface area contributed by atoms with Crippen molar-refractivity contribution in [2.75, 3.05) is 24.5 Å². The van der Waals surface area contributed by atoms with E-state index in [9.17, 15) is 4.79 Å². The minimum Gasteiger partial charge on any atom is -0.372 e. The highest BCUT2D eigenvalue weighted by Gasteiger charge is 2.20. The van der Waals surface area contributed by atoms with Gasteiger partial charge in [0, 0.05) is 31.2 Å². The number of rotatable bonds is 5. The van der Waals surface area contributed by atoms with Crippen LogP contribution in [0.15, 0.2) is 24.3 Å². The van der Waals surface area contributed by atoms with Gasteiger partial charge in [-0.2, -0.15) is 0 Å². The third kappa shape index (κ3) is 4.73. The van der Waals surface area contributed by atoms with Gasteiger partial charge in [0.05, 0.1) is 0 Å². The molecule has 1 aromatic rings. The van der Waals surface area contributed by atoms with Crippen LogP contribution in [-0.4, -0.2) is 25.5 Å². The highest BCUT2D eigenvalue weighted by molar-refractivity contribution is 5.78. The first-order valence-corrected chi connectivity index (χ1v) is 9.44. The van der Waals surface area contributed by atoms with E-state index < -0.39 is 0 Å². The summed E-state index contributed by atoms with van der Waals surface area (Å²) in [5.74, 6) is 0.542. The highest BCUT2D eigenvalue weighted by Crippen LogP contribution is 2.23. The molecule has 126 valence electrons. The number of benzene rings is 1. The minimum absolute atomic E-state index is 0.269. The second-order valence-corrected chi connectivity index (χ2v) is 7.09. The third-order valence-electron chi connectivity index (χ3n) is 5.35. The molecule has 0 bridgehead atoms. The quantitative estimate of drug-likeness (QED) is 0.893. The van der Waals surface area contributed by atoms with Crippen LogP contribution in [0.3, 0.4) is 0 Å². The number of hydrogen-bond donors (Lipinski definition) is 1. The van der Waals surface area contributed by atoms with Crippen LogP contribution in [0.4, 0.5) is 5.69 Å². The van der Waals surface area contributed by atoms with Crippen LogP contribution in [-0.2, 0) is 11.2 Å². The first-order chi connectivity index (χ1) is 11.3. The van der Waals surface area contributed by atoms with E-state index in [1.54, 1.807) is 0 Å². The maximum atomic E-state index is 12.1. The number of carbonyl (C=O) groups is 1. The van der Waals surface area contributed by atoms with Crippen LogP contribution >= 0.6 is 0 Å². The van der Waals surface area contributed by atoms with E-state index >= 15 is 0 Å². The Kier molecular flexibility index (Phi) is 5.95. The van der Waals surface area contributed by atoms with Crippen molar-refractivity contribution in [2.24, 2.45) is 5.92 Å².